The Morgan fingerprint density at radius 3 is 2.56 bits per heavy atom. The van der Waals surface area contributed by atoms with E-state index >= 15 is 0 Å². The lowest BCUT2D eigenvalue weighted by atomic mass is 10.0. The molecule has 98 valence electrons. The van der Waals surface area contributed by atoms with Crippen LogP contribution >= 0.6 is 11.3 Å². The summed E-state index contributed by atoms with van der Waals surface area (Å²) >= 11 is 1.49. The Bertz CT molecular complexity index is 392. The lowest BCUT2D eigenvalue weighted by molar-refractivity contribution is 0.0639. The van der Waals surface area contributed by atoms with E-state index in [1.54, 1.807) is 5.51 Å². The van der Waals surface area contributed by atoms with Gasteiger partial charge >= 0.3 is 0 Å². The number of carbonyl (C=O) groups excluding carboxylic acids is 1. The first-order chi connectivity index (χ1) is 8.84. The summed E-state index contributed by atoms with van der Waals surface area (Å²) < 4.78 is 0. The predicted octanol–water partition coefficient (Wildman–Crippen LogP) is 1.84. The van der Waals surface area contributed by atoms with E-state index in [1.807, 2.05) is 10.3 Å². The molecule has 1 amide bonds. The van der Waals surface area contributed by atoms with E-state index in [1.165, 1.54) is 37.3 Å². The Morgan fingerprint density at radius 2 is 1.94 bits per heavy atom. The van der Waals surface area contributed by atoms with Crippen LogP contribution in [0.15, 0.2) is 10.9 Å². The molecule has 4 nitrogen and oxygen atoms in total. The van der Waals surface area contributed by atoms with Gasteiger partial charge in [-0.25, -0.2) is 4.98 Å². The van der Waals surface area contributed by atoms with Gasteiger partial charge < -0.3 is 9.80 Å². The van der Waals surface area contributed by atoms with Crippen molar-refractivity contribution in [3.63, 3.8) is 0 Å². The molecule has 0 N–H and O–H groups in total. The van der Waals surface area contributed by atoms with Crippen LogP contribution in [0.3, 0.4) is 0 Å². The largest absolute Gasteiger partial charge is 0.337 e. The number of hydrogen-bond donors (Lipinski definition) is 0. The van der Waals surface area contributed by atoms with Gasteiger partial charge in [0.2, 0.25) is 0 Å². The molecule has 18 heavy (non-hydrogen) atoms. The van der Waals surface area contributed by atoms with Crippen molar-refractivity contribution in [3.8, 4) is 0 Å². The minimum absolute atomic E-state index is 0.108. The van der Waals surface area contributed by atoms with Crippen molar-refractivity contribution in [2.75, 3.05) is 26.2 Å². The van der Waals surface area contributed by atoms with Gasteiger partial charge in [-0.3, -0.25) is 4.79 Å². The zero-order valence-electron chi connectivity index (χ0n) is 10.5. The van der Waals surface area contributed by atoms with Crippen molar-refractivity contribution in [3.05, 3.63) is 16.6 Å². The molecule has 0 radical (unpaired) electrons. The van der Waals surface area contributed by atoms with Gasteiger partial charge in [0.25, 0.3) is 5.91 Å². The SMILES string of the molecule is O=C(c1cscn1)N1CCC(N2CCCC2)CC1. The highest BCUT2D eigenvalue weighted by atomic mass is 32.1. The molecular weight excluding hydrogens is 246 g/mol. The minimum Gasteiger partial charge on any atom is -0.337 e. The molecular formula is C13H19N3OS. The van der Waals surface area contributed by atoms with Crippen LogP contribution in [0.2, 0.25) is 0 Å². The predicted molar refractivity (Wildman–Crippen MR) is 71.8 cm³/mol. The van der Waals surface area contributed by atoms with Gasteiger partial charge in [-0.05, 0) is 38.8 Å². The van der Waals surface area contributed by atoms with Crippen molar-refractivity contribution in [1.29, 1.82) is 0 Å². The molecule has 0 unspecified atom stereocenters. The third kappa shape index (κ3) is 2.42. The third-order valence-electron chi connectivity index (χ3n) is 4.06. The molecule has 0 aromatic carbocycles. The highest BCUT2D eigenvalue weighted by Gasteiger charge is 2.28. The fourth-order valence-electron chi connectivity index (χ4n) is 3.02. The molecule has 2 saturated heterocycles. The van der Waals surface area contributed by atoms with E-state index in [0.29, 0.717) is 11.7 Å². The van der Waals surface area contributed by atoms with E-state index in [2.05, 4.69) is 9.88 Å². The molecule has 5 heteroatoms. The van der Waals surface area contributed by atoms with Crippen molar-refractivity contribution < 1.29 is 4.79 Å². The van der Waals surface area contributed by atoms with Crippen LogP contribution in [-0.2, 0) is 0 Å². The summed E-state index contributed by atoms with van der Waals surface area (Å²) in [5, 5.41) is 1.84. The summed E-state index contributed by atoms with van der Waals surface area (Å²) in [6.07, 6.45) is 4.93. The van der Waals surface area contributed by atoms with Gasteiger partial charge in [0.1, 0.15) is 5.69 Å². The highest BCUT2D eigenvalue weighted by Crippen LogP contribution is 2.22. The average Bonchev–Trinajstić information content (AvgIpc) is 3.11. The number of piperidine rings is 1. The first kappa shape index (κ1) is 12.1. The van der Waals surface area contributed by atoms with E-state index in [0.717, 1.165) is 25.9 Å². The van der Waals surface area contributed by atoms with Crippen molar-refractivity contribution >= 4 is 17.2 Å². The topological polar surface area (TPSA) is 36.4 Å². The molecule has 3 heterocycles. The van der Waals surface area contributed by atoms with Crippen LogP contribution in [0.5, 0.6) is 0 Å². The maximum Gasteiger partial charge on any atom is 0.273 e. The van der Waals surface area contributed by atoms with Crippen molar-refractivity contribution in [2.45, 2.75) is 31.7 Å². The third-order valence-corrected chi connectivity index (χ3v) is 4.65. The van der Waals surface area contributed by atoms with Gasteiger partial charge in [-0.1, -0.05) is 0 Å². The van der Waals surface area contributed by atoms with Gasteiger partial charge in [-0.15, -0.1) is 11.3 Å². The zero-order valence-corrected chi connectivity index (χ0v) is 11.4. The van der Waals surface area contributed by atoms with Crippen LogP contribution in [0.25, 0.3) is 0 Å². The minimum atomic E-state index is 0.108. The molecule has 2 aliphatic heterocycles. The highest BCUT2D eigenvalue weighted by molar-refractivity contribution is 7.07. The Balaban J connectivity index is 1.55. The quantitative estimate of drug-likeness (QED) is 0.819. The fourth-order valence-corrected chi connectivity index (χ4v) is 3.55. The Morgan fingerprint density at radius 1 is 1.22 bits per heavy atom. The standard InChI is InChI=1S/C13H19N3OS/c17-13(12-9-18-10-14-12)16-7-3-11(4-8-16)15-5-1-2-6-15/h9-11H,1-8H2. The number of rotatable bonds is 2. The molecule has 0 bridgehead atoms. The Kier molecular flexibility index (Phi) is 3.61. The van der Waals surface area contributed by atoms with E-state index in [4.69, 9.17) is 0 Å². The molecule has 2 fully saturated rings. The summed E-state index contributed by atoms with van der Waals surface area (Å²) in [6, 6.07) is 0.701. The van der Waals surface area contributed by atoms with Crippen molar-refractivity contribution in [1.82, 2.24) is 14.8 Å². The van der Waals surface area contributed by atoms with Gasteiger partial charge in [0, 0.05) is 24.5 Å². The number of amides is 1. The number of carbonyl (C=O) groups is 1. The maximum atomic E-state index is 12.1. The lowest BCUT2D eigenvalue weighted by Gasteiger charge is -2.36. The summed E-state index contributed by atoms with van der Waals surface area (Å²) in [5.74, 6) is 0.108. The van der Waals surface area contributed by atoms with Crippen molar-refractivity contribution in [2.24, 2.45) is 0 Å². The molecule has 1 aromatic rings. The van der Waals surface area contributed by atoms with E-state index in [-0.39, 0.29) is 5.91 Å². The van der Waals surface area contributed by atoms with Crippen LogP contribution in [0, 0.1) is 0 Å². The Hall–Kier alpha value is -0.940. The average molecular weight is 265 g/mol. The number of thiazole rings is 1. The van der Waals surface area contributed by atoms with E-state index in [9.17, 15) is 4.79 Å². The molecule has 1 aromatic heterocycles. The zero-order chi connectivity index (χ0) is 12.4. The summed E-state index contributed by atoms with van der Waals surface area (Å²) in [6.45, 7) is 4.28. The van der Waals surface area contributed by atoms with Gasteiger partial charge in [-0.2, -0.15) is 0 Å². The van der Waals surface area contributed by atoms with Crippen LogP contribution < -0.4 is 0 Å². The number of hydrogen-bond acceptors (Lipinski definition) is 4. The smallest absolute Gasteiger partial charge is 0.273 e. The molecule has 0 spiro atoms. The normalized spacial score (nSPS) is 22.6. The monoisotopic (exact) mass is 265 g/mol. The molecule has 2 aliphatic rings. The summed E-state index contributed by atoms with van der Waals surface area (Å²) in [4.78, 5) is 20.8. The van der Waals surface area contributed by atoms with Crippen LogP contribution in [-0.4, -0.2) is 52.9 Å². The fraction of sp³-hybridized carbons (Fsp3) is 0.692. The first-order valence-corrected chi connectivity index (χ1v) is 7.70. The molecule has 3 rings (SSSR count). The molecule has 0 atom stereocenters. The van der Waals surface area contributed by atoms with Gasteiger partial charge in [0.05, 0.1) is 5.51 Å². The molecule has 0 aliphatic carbocycles. The first-order valence-electron chi connectivity index (χ1n) is 6.76. The summed E-state index contributed by atoms with van der Waals surface area (Å²) in [5.41, 5.74) is 2.34. The summed E-state index contributed by atoms with van der Waals surface area (Å²) in [7, 11) is 0. The second kappa shape index (κ2) is 5.36. The van der Waals surface area contributed by atoms with Gasteiger partial charge in [0.15, 0.2) is 0 Å². The second-order valence-corrected chi connectivity index (χ2v) is 5.86. The maximum absolute atomic E-state index is 12.1. The van der Waals surface area contributed by atoms with Crippen LogP contribution in [0.1, 0.15) is 36.2 Å². The van der Waals surface area contributed by atoms with E-state index < -0.39 is 0 Å². The Labute approximate surface area is 112 Å². The number of nitrogens with zero attached hydrogens (tertiary/aromatic N) is 3. The molecule has 0 saturated carbocycles. The second-order valence-electron chi connectivity index (χ2n) is 5.14. The number of aromatic nitrogens is 1. The lowest BCUT2D eigenvalue weighted by Crippen LogP contribution is -2.45. The van der Waals surface area contributed by atoms with Crippen LogP contribution in [0.4, 0.5) is 0 Å². The number of likely N-dealkylation sites (tertiary alicyclic amines) is 2.